The fourth-order valence-electron chi connectivity index (χ4n) is 2.56. The number of nitrogens with one attached hydrogen (secondary N) is 1. The summed E-state index contributed by atoms with van der Waals surface area (Å²) in [7, 11) is 1.32. The van der Waals surface area contributed by atoms with E-state index in [9.17, 15) is 9.59 Å². The van der Waals surface area contributed by atoms with Crippen LogP contribution in [0.25, 0.3) is 0 Å². The van der Waals surface area contributed by atoms with Crippen LogP contribution in [0.5, 0.6) is 0 Å². The average molecular weight is 318 g/mol. The molecule has 1 saturated heterocycles. The van der Waals surface area contributed by atoms with Gasteiger partial charge in [0.05, 0.1) is 32.4 Å². The van der Waals surface area contributed by atoms with Crippen molar-refractivity contribution < 1.29 is 23.8 Å². The highest BCUT2D eigenvalue weighted by Gasteiger charge is 2.51. The Morgan fingerprint density at radius 3 is 2.57 bits per heavy atom. The summed E-state index contributed by atoms with van der Waals surface area (Å²) in [6.45, 7) is 4.75. The van der Waals surface area contributed by atoms with Gasteiger partial charge in [0.2, 0.25) is 5.79 Å². The summed E-state index contributed by atoms with van der Waals surface area (Å²) >= 11 is 6.08. The molecular formula is C14H20ClNO5. The third-order valence-electron chi connectivity index (χ3n) is 3.50. The smallest absolute Gasteiger partial charge is 0.328 e. The van der Waals surface area contributed by atoms with Crippen LogP contribution in [0, 0.1) is 5.92 Å². The van der Waals surface area contributed by atoms with Gasteiger partial charge in [-0.3, -0.25) is 4.79 Å². The predicted octanol–water partition coefficient (Wildman–Crippen LogP) is 1.33. The maximum absolute atomic E-state index is 11.9. The fourth-order valence-corrected chi connectivity index (χ4v) is 2.83. The van der Waals surface area contributed by atoms with E-state index >= 15 is 0 Å². The molecule has 0 aromatic heterocycles. The number of hydrogen-bond donors (Lipinski definition) is 1. The number of carbonyl (C=O) groups is 2. The summed E-state index contributed by atoms with van der Waals surface area (Å²) in [4.78, 5) is 23.8. The molecule has 0 radical (unpaired) electrons. The number of Topliss-reactive ketones (excluding diaryl/α,β-unsaturated/α-hetero) is 1. The van der Waals surface area contributed by atoms with Crippen LogP contribution in [-0.4, -0.2) is 43.9 Å². The van der Waals surface area contributed by atoms with Gasteiger partial charge in [-0.25, -0.2) is 4.79 Å². The molecule has 0 aromatic carbocycles. The van der Waals surface area contributed by atoms with Crippen molar-refractivity contribution in [3.05, 3.63) is 10.7 Å². The molecule has 7 heteroatoms. The van der Waals surface area contributed by atoms with Gasteiger partial charge in [-0.2, -0.15) is 0 Å². The third kappa shape index (κ3) is 3.22. The van der Waals surface area contributed by atoms with Crippen LogP contribution in [-0.2, 0) is 23.8 Å². The van der Waals surface area contributed by atoms with Crippen molar-refractivity contribution in [2.24, 2.45) is 5.92 Å². The van der Waals surface area contributed by atoms with E-state index in [1.165, 1.54) is 7.11 Å². The largest absolute Gasteiger partial charge is 0.467 e. The minimum absolute atomic E-state index is 0.0315. The third-order valence-corrected chi connectivity index (χ3v) is 3.90. The maximum atomic E-state index is 11.9. The molecular weight excluding hydrogens is 298 g/mol. The molecule has 2 rings (SSSR count). The van der Waals surface area contributed by atoms with Crippen LogP contribution in [0.4, 0.5) is 0 Å². The molecule has 2 aliphatic rings. The first-order valence-electron chi connectivity index (χ1n) is 6.95. The Hall–Kier alpha value is -1.11. The number of rotatable bonds is 5. The van der Waals surface area contributed by atoms with Crippen LogP contribution in [0.1, 0.15) is 26.7 Å². The summed E-state index contributed by atoms with van der Waals surface area (Å²) < 4.78 is 16.0. The lowest BCUT2D eigenvalue weighted by molar-refractivity contribution is -0.147. The zero-order valence-corrected chi connectivity index (χ0v) is 13.2. The lowest BCUT2D eigenvalue weighted by Crippen LogP contribution is -2.45. The average Bonchev–Trinajstić information content (AvgIpc) is 2.98. The van der Waals surface area contributed by atoms with Crippen molar-refractivity contribution in [1.82, 2.24) is 5.32 Å². The molecule has 0 aromatic rings. The highest BCUT2D eigenvalue weighted by molar-refractivity contribution is 6.44. The Labute approximate surface area is 128 Å². The number of halogens is 1. The molecule has 118 valence electrons. The van der Waals surface area contributed by atoms with Crippen molar-refractivity contribution in [1.29, 1.82) is 0 Å². The minimum atomic E-state index is -1.17. The molecule has 1 aliphatic carbocycles. The number of ketones is 1. The molecule has 0 unspecified atom stereocenters. The van der Waals surface area contributed by atoms with E-state index in [-0.39, 0.29) is 23.2 Å². The molecule has 1 N–H and O–H groups in total. The number of methoxy groups -OCH3 is 1. The van der Waals surface area contributed by atoms with E-state index < -0.39 is 17.8 Å². The first kappa shape index (κ1) is 16.3. The molecule has 1 spiro atoms. The van der Waals surface area contributed by atoms with Gasteiger partial charge in [-0.15, -0.1) is 0 Å². The molecule has 1 aliphatic heterocycles. The van der Waals surface area contributed by atoms with Gasteiger partial charge in [0.1, 0.15) is 11.1 Å². The normalized spacial score (nSPS) is 22.2. The number of esters is 1. The molecule has 0 saturated carbocycles. The van der Waals surface area contributed by atoms with E-state index in [4.69, 9.17) is 25.8 Å². The first-order chi connectivity index (χ1) is 9.89. The minimum Gasteiger partial charge on any atom is -0.467 e. The maximum Gasteiger partial charge on any atom is 0.328 e. The Morgan fingerprint density at radius 2 is 2.05 bits per heavy atom. The lowest BCUT2D eigenvalue weighted by atomic mass is 10.0. The topological polar surface area (TPSA) is 73.9 Å². The van der Waals surface area contributed by atoms with Crippen LogP contribution in [0.3, 0.4) is 0 Å². The predicted molar refractivity (Wildman–Crippen MR) is 75.5 cm³/mol. The second-order valence-corrected chi connectivity index (χ2v) is 5.97. The fraction of sp³-hybridized carbons (Fsp3) is 0.714. The number of allylic oxidation sites excluding steroid dienone is 1. The first-order valence-corrected chi connectivity index (χ1v) is 7.33. The summed E-state index contributed by atoms with van der Waals surface area (Å²) in [6.07, 6.45) is 0.578. The van der Waals surface area contributed by atoms with Gasteiger partial charge in [-0.05, 0) is 12.3 Å². The summed E-state index contributed by atoms with van der Waals surface area (Å²) in [5.74, 6) is -1.57. The number of carbonyl (C=O) groups excluding carboxylic acids is 2. The summed E-state index contributed by atoms with van der Waals surface area (Å²) in [6, 6.07) is -0.602. The zero-order chi connectivity index (χ0) is 15.6. The summed E-state index contributed by atoms with van der Waals surface area (Å²) in [5.41, 5.74) is 0.336. The van der Waals surface area contributed by atoms with Crippen LogP contribution in [0.2, 0.25) is 0 Å². The second kappa shape index (κ2) is 6.34. The molecule has 1 atom stereocenters. The van der Waals surface area contributed by atoms with Gasteiger partial charge in [-0.1, -0.05) is 25.4 Å². The van der Waals surface area contributed by atoms with Gasteiger partial charge in [0, 0.05) is 0 Å². The van der Waals surface area contributed by atoms with E-state index in [2.05, 4.69) is 5.32 Å². The Kier molecular flexibility index (Phi) is 4.91. The molecule has 21 heavy (non-hydrogen) atoms. The van der Waals surface area contributed by atoms with E-state index in [1.54, 1.807) is 0 Å². The Morgan fingerprint density at radius 1 is 1.43 bits per heavy atom. The van der Waals surface area contributed by atoms with Crippen LogP contribution < -0.4 is 5.32 Å². The Bertz CT molecular complexity index is 468. The monoisotopic (exact) mass is 317 g/mol. The molecule has 6 nitrogen and oxygen atoms in total. The van der Waals surface area contributed by atoms with Crippen LogP contribution in [0.15, 0.2) is 10.7 Å². The highest BCUT2D eigenvalue weighted by atomic mass is 35.5. The van der Waals surface area contributed by atoms with E-state index in [1.807, 2.05) is 13.8 Å². The second-order valence-electron chi connectivity index (χ2n) is 5.59. The van der Waals surface area contributed by atoms with Crippen molar-refractivity contribution in [3.8, 4) is 0 Å². The van der Waals surface area contributed by atoms with Crippen molar-refractivity contribution in [2.45, 2.75) is 38.5 Å². The van der Waals surface area contributed by atoms with Crippen molar-refractivity contribution in [2.75, 3.05) is 20.3 Å². The number of hydrogen-bond acceptors (Lipinski definition) is 6. The molecule has 1 heterocycles. The van der Waals surface area contributed by atoms with E-state index in [0.29, 0.717) is 25.3 Å². The van der Waals surface area contributed by atoms with Gasteiger partial charge in [0.15, 0.2) is 5.78 Å². The highest BCUT2D eigenvalue weighted by Crippen LogP contribution is 2.40. The SMILES string of the molecule is COC(=O)[C@@H](CC(C)C)NC1=C(Cl)C(=O)CC12OCCO2. The van der Waals surface area contributed by atoms with Crippen molar-refractivity contribution in [3.63, 3.8) is 0 Å². The zero-order valence-electron chi connectivity index (χ0n) is 12.4. The summed E-state index contributed by atoms with van der Waals surface area (Å²) in [5, 5.41) is 3.05. The van der Waals surface area contributed by atoms with Crippen LogP contribution >= 0.6 is 11.6 Å². The number of ether oxygens (including phenoxy) is 3. The standard InChI is InChI=1S/C14H20ClNO5/c1-8(2)6-9(13(18)19-3)16-12-11(15)10(17)7-14(12)20-4-5-21-14/h8-9,16H,4-7H2,1-3H3/t9-/m1/s1. The molecule has 0 bridgehead atoms. The van der Waals surface area contributed by atoms with Gasteiger partial charge < -0.3 is 19.5 Å². The van der Waals surface area contributed by atoms with Gasteiger partial charge >= 0.3 is 5.97 Å². The van der Waals surface area contributed by atoms with Crippen molar-refractivity contribution >= 4 is 23.4 Å². The molecule has 0 amide bonds. The lowest BCUT2D eigenvalue weighted by Gasteiger charge is -2.29. The quantitative estimate of drug-likeness (QED) is 0.771. The Balaban J connectivity index is 2.24. The van der Waals surface area contributed by atoms with Gasteiger partial charge in [0.25, 0.3) is 0 Å². The molecule has 1 fully saturated rings. The van der Waals surface area contributed by atoms with E-state index in [0.717, 1.165) is 0 Å².